The Morgan fingerprint density at radius 3 is 2.56 bits per heavy atom. The average Bonchev–Trinajstić information content (AvgIpc) is 2.28. The van der Waals surface area contributed by atoms with Gasteiger partial charge in [-0.05, 0) is 30.5 Å². The first-order valence-electron chi connectivity index (χ1n) is 5.53. The van der Waals surface area contributed by atoms with E-state index in [1.807, 2.05) is 0 Å². The lowest BCUT2D eigenvalue weighted by molar-refractivity contribution is -0.137. The van der Waals surface area contributed by atoms with E-state index in [4.69, 9.17) is 22.4 Å². The second-order valence-corrected chi connectivity index (χ2v) is 4.44. The monoisotopic (exact) mass is 277 g/mol. The van der Waals surface area contributed by atoms with Crippen LogP contribution in [0.3, 0.4) is 0 Å². The van der Waals surface area contributed by atoms with Crippen LogP contribution in [0.5, 0.6) is 0 Å². The lowest BCUT2D eigenvalue weighted by Crippen LogP contribution is -2.12. The van der Waals surface area contributed by atoms with E-state index in [-0.39, 0.29) is 11.4 Å². The molecule has 0 heterocycles. The Morgan fingerprint density at radius 2 is 1.94 bits per heavy atom. The van der Waals surface area contributed by atoms with Crippen LogP contribution in [0.2, 0.25) is 5.02 Å². The predicted molar refractivity (Wildman–Crippen MR) is 64.4 cm³/mol. The van der Waals surface area contributed by atoms with Crippen LogP contribution in [-0.4, -0.2) is 11.1 Å². The summed E-state index contributed by atoms with van der Waals surface area (Å²) in [6.45, 7) is 0. The summed E-state index contributed by atoms with van der Waals surface area (Å²) in [7, 11) is 0. The van der Waals surface area contributed by atoms with E-state index >= 15 is 0 Å². The third kappa shape index (κ3) is 4.23. The first kappa shape index (κ1) is 14.9. The lowest BCUT2D eigenvalue weighted by Gasteiger charge is -2.13. The van der Waals surface area contributed by atoms with E-state index < -0.39 is 23.6 Å². The highest BCUT2D eigenvalue weighted by atomic mass is 35.5. The average molecular weight is 278 g/mol. The topological polar surface area (TPSA) is 63.3 Å². The van der Waals surface area contributed by atoms with Crippen molar-refractivity contribution in [3.05, 3.63) is 34.4 Å². The zero-order valence-corrected chi connectivity index (χ0v) is 10.4. The van der Waals surface area contributed by atoms with Gasteiger partial charge in [-0.15, -0.1) is 0 Å². The lowest BCUT2D eigenvalue weighted by atomic mass is 10.0. The van der Waals surface area contributed by atoms with E-state index in [0.29, 0.717) is 24.8 Å². The fourth-order valence-electron chi connectivity index (χ4n) is 1.62. The van der Waals surface area contributed by atoms with Gasteiger partial charge in [0, 0.05) is 17.5 Å². The molecule has 3 N–H and O–H groups in total. The number of nitrogens with two attached hydrogens (primary N) is 1. The van der Waals surface area contributed by atoms with Gasteiger partial charge in [-0.2, -0.15) is 0 Å². The van der Waals surface area contributed by atoms with Crippen molar-refractivity contribution >= 4 is 17.6 Å². The molecule has 0 aromatic heterocycles. The number of aliphatic carboxylic acids is 1. The summed E-state index contributed by atoms with van der Waals surface area (Å²) in [6, 6.07) is 1.35. The van der Waals surface area contributed by atoms with E-state index in [1.165, 1.54) is 0 Å². The van der Waals surface area contributed by atoms with E-state index in [1.54, 1.807) is 0 Å². The molecule has 0 amide bonds. The highest BCUT2D eigenvalue weighted by Crippen LogP contribution is 2.27. The SMILES string of the molecule is NC(CCCCC(=O)O)c1cc(F)c(F)cc1Cl. The molecular formula is C12H14ClF2NO2. The summed E-state index contributed by atoms with van der Waals surface area (Å²) in [5.74, 6) is -2.87. The minimum absolute atomic E-state index is 0.0677. The van der Waals surface area contributed by atoms with E-state index in [9.17, 15) is 13.6 Å². The number of carboxylic acid groups (broad SMARTS) is 1. The molecule has 100 valence electrons. The molecular weight excluding hydrogens is 264 g/mol. The number of hydrogen-bond donors (Lipinski definition) is 2. The molecule has 0 saturated carbocycles. The number of rotatable bonds is 6. The number of carboxylic acids is 1. The summed E-state index contributed by atoms with van der Waals surface area (Å²) < 4.78 is 25.9. The third-order valence-electron chi connectivity index (χ3n) is 2.59. The molecule has 0 radical (unpaired) electrons. The molecule has 0 aliphatic rings. The molecule has 1 rings (SSSR count). The maximum Gasteiger partial charge on any atom is 0.303 e. The molecule has 3 nitrogen and oxygen atoms in total. The molecule has 0 aliphatic heterocycles. The maximum absolute atomic E-state index is 13.0. The van der Waals surface area contributed by atoms with Crippen LogP contribution in [0, 0.1) is 11.6 Å². The van der Waals surface area contributed by atoms with Crippen LogP contribution in [0.1, 0.15) is 37.3 Å². The minimum atomic E-state index is -1.01. The standard InChI is InChI=1S/C12H14ClF2NO2/c13-8-6-10(15)9(14)5-7(8)11(16)3-1-2-4-12(17)18/h5-6,11H,1-4,16H2,(H,17,18). The van der Waals surface area contributed by atoms with Crippen molar-refractivity contribution < 1.29 is 18.7 Å². The first-order chi connectivity index (χ1) is 8.41. The molecule has 18 heavy (non-hydrogen) atoms. The highest BCUT2D eigenvalue weighted by Gasteiger charge is 2.14. The summed E-state index contributed by atoms with van der Waals surface area (Å²) in [5.41, 5.74) is 6.15. The summed E-state index contributed by atoms with van der Waals surface area (Å²) >= 11 is 5.78. The number of hydrogen-bond acceptors (Lipinski definition) is 2. The van der Waals surface area contributed by atoms with Crippen LogP contribution in [0.4, 0.5) is 8.78 Å². The van der Waals surface area contributed by atoms with Gasteiger partial charge < -0.3 is 10.8 Å². The molecule has 1 atom stereocenters. The Kier molecular flexibility index (Phi) is 5.50. The second-order valence-electron chi connectivity index (χ2n) is 4.03. The van der Waals surface area contributed by atoms with Gasteiger partial charge in [0.05, 0.1) is 0 Å². The molecule has 0 bridgehead atoms. The number of halogens is 3. The van der Waals surface area contributed by atoms with Crippen LogP contribution in [0.25, 0.3) is 0 Å². The van der Waals surface area contributed by atoms with Crippen LogP contribution >= 0.6 is 11.6 Å². The fourth-order valence-corrected chi connectivity index (χ4v) is 1.91. The normalized spacial score (nSPS) is 12.4. The zero-order chi connectivity index (χ0) is 13.7. The van der Waals surface area contributed by atoms with Crippen molar-refractivity contribution in [3.63, 3.8) is 0 Å². The molecule has 0 spiro atoms. The summed E-state index contributed by atoms with van der Waals surface area (Å²) in [6.07, 6.45) is 1.61. The molecule has 6 heteroatoms. The van der Waals surface area contributed by atoms with Crippen molar-refractivity contribution in [2.24, 2.45) is 5.73 Å². The Morgan fingerprint density at radius 1 is 1.33 bits per heavy atom. The molecule has 1 aromatic rings. The number of benzene rings is 1. The van der Waals surface area contributed by atoms with Crippen LogP contribution < -0.4 is 5.73 Å². The molecule has 0 saturated heterocycles. The second kappa shape index (κ2) is 6.66. The number of carbonyl (C=O) groups is 1. The van der Waals surface area contributed by atoms with Crippen LogP contribution in [0.15, 0.2) is 12.1 Å². The largest absolute Gasteiger partial charge is 0.481 e. The smallest absolute Gasteiger partial charge is 0.303 e. The highest BCUT2D eigenvalue weighted by molar-refractivity contribution is 6.31. The Labute approximate surface area is 109 Å². The first-order valence-corrected chi connectivity index (χ1v) is 5.91. The van der Waals surface area contributed by atoms with Crippen molar-refractivity contribution in [2.45, 2.75) is 31.7 Å². The van der Waals surface area contributed by atoms with Crippen molar-refractivity contribution in [1.29, 1.82) is 0 Å². The summed E-state index contributed by atoms with van der Waals surface area (Å²) in [5, 5.41) is 8.55. The van der Waals surface area contributed by atoms with Gasteiger partial charge in [-0.25, -0.2) is 8.78 Å². The van der Waals surface area contributed by atoms with E-state index in [2.05, 4.69) is 0 Å². The van der Waals surface area contributed by atoms with E-state index in [0.717, 1.165) is 12.1 Å². The molecule has 1 unspecified atom stereocenters. The Balaban J connectivity index is 2.58. The van der Waals surface area contributed by atoms with Gasteiger partial charge in [-0.3, -0.25) is 4.79 Å². The van der Waals surface area contributed by atoms with Crippen molar-refractivity contribution in [3.8, 4) is 0 Å². The Hall–Kier alpha value is -1.20. The molecule has 0 fully saturated rings. The van der Waals surface area contributed by atoms with Crippen molar-refractivity contribution in [1.82, 2.24) is 0 Å². The Bertz CT molecular complexity index is 440. The van der Waals surface area contributed by atoms with Crippen molar-refractivity contribution in [2.75, 3.05) is 0 Å². The van der Waals surface area contributed by atoms with Crippen LogP contribution in [-0.2, 0) is 4.79 Å². The molecule has 0 aliphatic carbocycles. The van der Waals surface area contributed by atoms with Gasteiger partial charge in [-0.1, -0.05) is 18.0 Å². The maximum atomic E-state index is 13.0. The van der Waals surface area contributed by atoms with Gasteiger partial charge in [0.1, 0.15) is 0 Å². The third-order valence-corrected chi connectivity index (χ3v) is 2.92. The number of unbranched alkanes of at least 4 members (excludes halogenated alkanes) is 1. The zero-order valence-electron chi connectivity index (χ0n) is 9.63. The van der Waals surface area contributed by atoms with Gasteiger partial charge in [0.25, 0.3) is 0 Å². The van der Waals surface area contributed by atoms with Gasteiger partial charge >= 0.3 is 5.97 Å². The predicted octanol–water partition coefficient (Wildman–Crippen LogP) is 3.26. The summed E-state index contributed by atoms with van der Waals surface area (Å²) in [4.78, 5) is 10.3. The van der Waals surface area contributed by atoms with Gasteiger partial charge in [0.2, 0.25) is 0 Å². The quantitative estimate of drug-likeness (QED) is 0.620. The minimum Gasteiger partial charge on any atom is -0.481 e. The fraction of sp³-hybridized carbons (Fsp3) is 0.417. The molecule has 1 aromatic carbocycles. The van der Waals surface area contributed by atoms with Gasteiger partial charge in [0.15, 0.2) is 11.6 Å².